The molecule has 1 amide bonds. The number of benzene rings is 2. The minimum Gasteiger partial charge on any atom is -0.497 e. The van der Waals surface area contributed by atoms with Crippen LogP contribution in [-0.4, -0.2) is 43.7 Å². The third kappa shape index (κ3) is 4.35. The van der Waals surface area contributed by atoms with Gasteiger partial charge in [-0.2, -0.15) is 5.10 Å². The molecule has 28 heavy (non-hydrogen) atoms. The second-order valence-electron chi connectivity index (χ2n) is 5.75. The monoisotopic (exact) mass is 401 g/mol. The maximum Gasteiger partial charge on any atom is 0.251 e. The van der Waals surface area contributed by atoms with E-state index in [2.05, 4.69) is 25.2 Å². The van der Waals surface area contributed by atoms with Gasteiger partial charge >= 0.3 is 0 Å². The molecule has 0 aliphatic rings. The molecule has 10 heteroatoms. The summed E-state index contributed by atoms with van der Waals surface area (Å²) in [6.07, 6.45) is 0. The molecule has 3 aromatic rings. The molecule has 0 unspecified atom stereocenters. The van der Waals surface area contributed by atoms with E-state index >= 15 is 0 Å². The fourth-order valence-corrected chi connectivity index (χ4v) is 3.14. The van der Waals surface area contributed by atoms with Crippen LogP contribution >= 0.6 is 0 Å². The molecule has 0 atom stereocenters. The smallest absolute Gasteiger partial charge is 0.251 e. The van der Waals surface area contributed by atoms with Crippen LogP contribution in [0.1, 0.15) is 16.2 Å². The summed E-state index contributed by atoms with van der Waals surface area (Å²) >= 11 is 0. The minimum absolute atomic E-state index is 0.0888. The van der Waals surface area contributed by atoms with Gasteiger partial charge in [-0.25, -0.2) is 18.1 Å². The van der Waals surface area contributed by atoms with Gasteiger partial charge in [-0.1, -0.05) is 0 Å². The van der Waals surface area contributed by atoms with Crippen LogP contribution in [0.4, 0.5) is 0 Å². The summed E-state index contributed by atoms with van der Waals surface area (Å²) in [4.78, 5) is 16.7. The number of carbonyl (C=O) groups is 1. The van der Waals surface area contributed by atoms with E-state index in [1.807, 2.05) is 24.3 Å². The zero-order valence-electron chi connectivity index (χ0n) is 15.3. The topological polar surface area (TPSA) is 126 Å². The molecule has 0 radical (unpaired) electrons. The Labute approximate surface area is 162 Å². The molecule has 3 rings (SSSR count). The van der Waals surface area contributed by atoms with Gasteiger partial charge in [0.25, 0.3) is 5.91 Å². The summed E-state index contributed by atoms with van der Waals surface area (Å²) in [5.74, 6) is 1.39. The molecule has 1 aromatic heterocycles. The van der Waals surface area contributed by atoms with Crippen LogP contribution in [0.3, 0.4) is 0 Å². The lowest BCUT2D eigenvalue weighted by atomic mass is 10.2. The first-order valence-corrected chi connectivity index (χ1v) is 9.79. The predicted octanol–water partition coefficient (Wildman–Crippen LogP) is 1.32. The van der Waals surface area contributed by atoms with E-state index in [1.165, 1.54) is 31.3 Å². The largest absolute Gasteiger partial charge is 0.497 e. The highest BCUT2D eigenvalue weighted by molar-refractivity contribution is 7.89. The number of methoxy groups -OCH3 is 1. The number of aromatic nitrogens is 3. The summed E-state index contributed by atoms with van der Waals surface area (Å²) in [6.45, 7) is 0.151. The van der Waals surface area contributed by atoms with Crippen LogP contribution in [-0.2, 0) is 16.6 Å². The first-order valence-electron chi connectivity index (χ1n) is 8.30. The number of aromatic amines is 1. The molecule has 2 aromatic carbocycles. The molecule has 0 saturated carbocycles. The average molecular weight is 401 g/mol. The van der Waals surface area contributed by atoms with Crippen molar-refractivity contribution in [1.82, 2.24) is 25.2 Å². The number of amides is 1. The van der Waals surface area contributed by atoms with Crippen molar-refractivity contribution in [2.75, 3.05) is 14.2 Å². The fraction of sp³-hybridized carbons (Fsp3) is 0.167. The molecule has 3 N–H and O–H groups in total. The molecule has 0 aliphatic heterocycles. The molecule has 0 saturated heterocycles. The van der Waals surface area contributed by atoms with Gasteiger partial charge < -0.3 is 10.1 Å². The summed E-state index contributed by atoms with van der Waals surface area (Å²) < 4.78 is 30.8. The zero-order chi connectivity index (χ0) is 20.1. The number of carbonyl (C=O) groups excluding carboxylic acids is 1. The number of nitrogens with one attached hydrogen (secondary N) is 3. The van der Waals surface area contributed by atoms with E-state index in [9.17, 15) is 13.2 Å². The van der Waals surface area contributed by atoms with Gasteiger partial charge in [-0.05, 0) is 55.6 Å². The Hall–Kier alpha value is -3.24. The van der Waals surface area contributed by atoms with Gasteiger partial charge in [0, 0.05) is 11.1 Å². The second-order valence-corrected chi connectivity index (χ2v) is 7.64. The van der Waals surface area contributed by atoms with E-state index in [0.717, 1.165) is 11.3 Å². The highest BCUT2D eigenvalue weighted by atomic mass is 32.2. The number of H-pyrrole nitrogens is 1. The number of rotatable bonds is 7. The number of hydrogen-bond donors (Lipinski definition) is 3. The van der Waals surface area contributed by atoms with Crippen molar-refractivity contribution in [3.63, 3.8) is 0 Å². The molecule has 0 spiro atoms. The van der Waals surface area contributed by atoms with Crippen molar-refractivity contribution in [3.8, 4) is 17.1 Å². The van der Waals surface area contributed by atoms with E-state index in [-0.39, 0.29) is 17.3 Å². The second kappa shape index (κ2) is 8.19. The summed E-state index contributed by atoms with van der Waals surface area (Å²) in [6, 6.07) is 12.9. The van der Waals surface area contributed by atoms with E-state index in [0.29, 0.717) is 17.2 Å². The van der Waals surface area contributed by atoms with Crippen molar-refractivity contribution in [2.45, 2.75) is 11.4 Å². The summed E-state index contributed by atoms with van der Waals surface area (Å²) in [5.41, 5.74) is 1.15. The maximum absolute atomic E-state index is 12.2. The van der Waals surface area contributed by atoms with Gasteiger partial charge in [0.2, 0.25) is 10.0 Å². The lowest BCUT2D eigenvalue weighted by Crippen LogP contribution is -2.24. The van der Waals surface area contributed by atoms with Gasteiger partial charge in [0.05, 0.1) is 18.6 Å². The Balaban J connectivity index is 1.62. The van der Waals surface area contributed by atoms with Crippen LogP contribution in [0, 0.1) is 0 Å². The van der Waals surface area contributed by atoms with Crippen LogP contribution in [0.25, 0.3) is 11.4 Å². The summed E-state index contributed by atoms with van der Waals surface area (Å²) in [7, 11) is -0.617. The SMILES string of the molecule is CNS(=O)(=O)c1ccc(C(=O)NCc2nc(-c3ccc(OC)cc3)n[nH]2)cc1. The molecular formula is C18H19N5O4S. The van der Waals surface area contributed by atoms with Crippen molar-refractivity contribution in [3.05, 3.63) is 59.9 Å². The number of sulfonamides is 1. The number of ether oxygens (including phenoxy) is 1. The predicted molar refractivity (Wildman–Crippen MR) is 102 cm³/mol. The summed E-state index contributed by atoms with van der Waals surface area (Å²) in [5, 5.41) is 9.63. The molecule has 9 nitrogen and oxygen atoms in total. The lowest BCUT2D eigenvalue weighted by molar-refractivity contribution is 0.0950. The molecule has 0 aliphatic carbocycles. The van der Waals surface area contributed by atoms with Gasteiger partial charge in [0.1, 0.15) is 11.6 Å². The van der Waals surface area contributed by atoms with E-state index < -0.39 is 10.0 Å². The van der Waals surface area contributed by atoms with Crippen molar-refractivity contribution >= 4 is 15.9 Å². The Morgan fingerprint density at radius 1 is 1.11 bits per heavy atom. The molecule has 0 fully saturated rings. The first kappa shape index (κ1) is 19.5. The van der Waals surface area contributed by atoms with Crippen molar-refractivity contribution in [2.24, 2.45) is 0 Å². The minimum atomic E-state index is -3.54. The van der Waals surface area contributed by atoms with E-state index in [4.69, 9.17) is 4.74 Å². The standard InChI is InChI=1S/C18H19N5O4S/c1-19-28(25,26)15-9-5-13(6-10-15)18(24)20-11-16-21-17(23-22-16)12-3-7-14(27-2)8-4-12/h3-10,19H,11H2,1-2H3,(H,20,24)(H,21,22,23). The average Bonchev–Trinajstić information content (AvgIpc) is 3.21. The third-order valence-electron chi connectivity index (χ3n) is 3.99. The van der Waals surface area contributed by atoms with Gasteiger partial charge in [-0.3, -0.25) is 9.89 Å². The Morgan fingerprint density at radius 3 is 2.39 bits per heavy atom. The highest BCUT2D eigenvalue weighted by Crippen LogP contribution is 2.19. The molecule has 1 heterocycles. The van der Waals surface area contributed by atoms with Crippen LogP contribution in [0.5, 0.6) is 5.75 Å². The maximum atomic E-state index is 12.2. The van der Waals surface area contributed by atoms with Crippen molar-refractivity contribution in [1.29, 1.82) is 0 Å². The van der Waals surface area contributed by atoms with Crippen molar-refractivity contribution < 1.29 is 17.9 Å². The van der Waals surface area contributed by atoms with Crippen LogP contribution in [0.2, 0.25) is 0 Å². The Kier molecular flexibility index (Phi) is 5.71. The third-order valence-corrected chi connectivity index (χ3v) is 5.42. The molecule has 0 bridgehead atoms. The normalized spacial score (nSPS) is 11.2. The first-order chi connectivity index (χ1) is 13.4. The quantitative estimate of drug-likeness (QED) is 0.548. The van der Waals surface area contributed by atoms with E-state index in [1.54, 1.807) is 7.11 Å². The zero-order valence-corrected chi connectivity index (χ0v) is 16.1. The van der Waals surface area contributed by atoms with Crippen LogP contribution < -0.4 is 14.8 Å². The Bertz CT molecular complexity index is 1060. The highest BCUT2D eigenvalue weighted by Gasteiger charge is 2.13. The molecular weight excluding hydrogens is 382 g/mol. The number of nitrogens with zero attached hydrogens (tertiary/aromatic N) is 2. The van der Waals surface area contributed by atoms with Gasteiger partial charge in [0.15, 0.2) is 5.82 Å². The van der Waals surface area contributed by atoms with Gasteiger partial charge in [-0.15, -0.1) is 0 Å². The molecule has 146 valence electrons. The fourth-order valence-electron chi connectivity index (χ4n) is 2.41. The Morgan fingerprint density at radius 2 is 1.79 bits per heavy atom. The lowest BCUT2D eigenvalue weighted by Gasteiger charge is -2.05. The number of hydrogen-bond acceptors (Lipinski definition) is 6. The van der Waals surface area contributed by atoms with Crippen LogP contribution in [0.15, 0.2) is 53.4 Å².